The number of benzene rings is 1. The van der Waals surface area contributed by atoms with Crippen LogP contribution in [-0.4, -0.2) is 38.1 Å². The Morgan fingerprint density at radius 2 is 1.88 bits per heavy atom. The van der Waals surface area contributed by atoms with E-state index in [1.807, 2.05) is 29.2 Å². The molecule has 5 nitrogen and oxygen atoms in total. The molecule has 0 aliphatic heterocycles. The first-order valence-electron chi connectivity index (χ1n) is 8.99. The van der Waals surface area contributed by atoms with Gasteiger partial charge in [0.15, 0.2) is 5.82 Å². The molecule has 2 aromatic rings. The van der Waals surface area contributed by atoms with Gasteiger partial charge in [-0.2, -0.15) is 5.10 Å². The first-order valence-corrected chi connectivity index (χ1v) is 8.99. The molecule has 2 aliphatic rings. The summed E-state index contributed by atoms with van der Waals surface area (Å²) < 4.78 is 0. The standard InChI is InChI=1S/C19H24N4O/c1-12(2)23(16-4-3-5-16)19(24)15-10-8-14(9-11-15)18-20-17(21-22-18)13-6-7-13/h8-13,16H,3-7H2,1-2H3,(H,20,21,22). The van der Waals surface area contributed by atoms with Gasteiger partial charge in [-0.1, -0.05) is 12.1 Å². The zero-order valence-electron chi connectivity index (χ0n) is 14.3. The van der Waals surface area contributed by atoms with Crippen molar-refractivity contribution < 1.29 is 4.79 Å². The van der Waals surface area contributed by atoms with Crippen LogP contribution in [0.1, 0.15) is 68.1 Å². The molecule has 0 bridgehead atoms. The minimum absolute atomic E-state index is 0.134. The number of rotatable bonds is 5. The number of hydrogen-bond donors (Lipinski definition) is 1. The predicted molar refractivity (Wildman–Crippen MR) is 92.7 cm³/mol. The van der Waals surface area contributed by atoms with Gasteiger partial charge in [-0.15, -0.1) is 0 Å². The summed E-state index contributed by atoms with van der Waals surface area (Å²) in [5, 5.41) is 7.34. The Morgan fingerprint density at radius 3 is 2.42 bits per heavy atom. The molecule has 4 rings (SSSR count). The summed E-state index contributed by atoms with van der Waals surface area (Å²) in [6, 6.07) is 8.35. The number of nitrogens with one attached hydrogen (secondary N) is 1. The molecule has 0 atom stereocenters. The number of amides is 1. The maximum absolute atomic E-state index is 12.9. The fraction of sp³-hybridized carbons (Fsp3) is 0.526. The van der Waals surface area contributed by atoms with Crippen molar-refractivity contribution in [2.45, 2.75) is 64.0 Å². The van der Waals surface area contributed by atoms with Gasteiger partial charge in [0.2, 0.25) is 0 Å². The van der Waals surface area contributed by atoms with Crippen LogP contribution in [0.2, 0.25) is 0 Å². The highest BCUT2D eigenvalue weighted by atomic mass is 16.2. The summed E-state index contributed by atoms with van der Waals surface area (Å²) in [7, 11) is 0. The fourth-order valence-electron chi connectivity index (χ4n) is 3.34. The first kappa shape index (κ1) is 15.4. The maximum atomic E-state index is 12.9. The molecule has 0 unspecified atom stereocenters. The summed E-state index contributed by atoms with van der Waals surface area (Å²) in [5.74, 6) is 2.40. The second kappa shape index (κ2) is 6.04. The van der Waals surface area contributed by atoms with Crippen molar-refractivity contribution >= 4 is 5.91 Å². The van der Waals surface area contributed by atoms with Gasteiger partial charge in [-0.3, -0.25) is 9.89 Å². The molecule has 2 saturated carbocycles. The van der Waals surface area contributed by atoms with Crippen LogP contribution in [0.4, 0.5) is 0 Å². The van der Waals surface area contributed by atoms with Crippen LogP contribution in [-0.2, 0) is 0 Å². The number of hydrogen-bond acceptors (Lipinski definition) is 3. The second-order valence-corrected chi connectivity index (χ2v) is 7.29. The van der Waals surface area contributed by atoms with Crippen LogP contribution < -0.4 is 0 Å². The molecule has 2 fully saturated rings. The summed E-state index contributed by atoms with van der Waals surface area (Å²) in [6.45, 7) is 4.19. The number of H-pyrrole nitrogens is 1. The Labute approximate surface area is 142 Å². The predicted octanol–water partition coefficient (Wildman–Crippen LogP) is 3.75. The zero-order chi connectivity index (χ0) is 16.7. The van der Waals surface area contributed by atoms with E-state index in [-0.39, 0.29) is 11.9 Å². The molecule has 1 aromatic carbocycles. The number of carbonyl (C=O) groups is 1. The maximum Gasteiger partial charge on any atom is 0.254 e. The molecule has 1 N–H and O–H groups in total. The summed E-state index contributed by atoms with van der Waals surface area (Å²) in [4.78, 5) is 19.5. The molecule has 24 heavy (non-hydrogen) atoms. The Hall–Kier alpha value is -2.17. The van der Waals surface area contributed by atoms with Crippen LogP contribution in [0.3, 0.4) is 0 Å². The van der Waals surface area contributed by atoms with E-state index >= 15 is 0 Å². The number of carbonyl (C=O) groups excluding carboxylic acids is 1. The third-order valence-corrected chi connectivity index (χ3v) is 5.12. The Kier molecular flexibility index (Phi) is 3.87. The summed E-state index contributed by atoms with van der Waals surface area (Å²) >= 11 is 0. The quantitative estimate of drug-likeness (QED) is 0.911. The van der Waals surface area contributed by atoms with Gasteiger partial charge in [0.1, 0.15) is 5.82 Å². The van der Waals surface area contributed by atoms with Crippen molar-refractivity contribution in [3.8, 4) is 11.4 Å². The molecule has 0 radical (unpaired) electrons. The van der Waals surface area contributed by atoms with Gasteiger partial charge in [0.05, 0.1) is 0 Å². The Bertz CT molecular complexity index is 726. The van der Waals surface area contributed by atoms with Crippen LogP contribution in [0.5, 0.6) is 0 Å². The third kappa shape index (κ3) is 2.83. The van der Waals surface area contributed by atoms with Gasteiger partial charge in [-0.25, -0.2) is 4.98 Å². The van der Waals surface area contributed by atoms with E-state index in [0.717, 1.165) is 35.6 Å². The van der Waals surface area contributed by atoms with E-state index in [9.17, 15) is 4.79 Å². The van der Waals surface area contributed by atoms with E-state index in [2.05, 4.69) is 29.0 Å². The number of nitrogens with zero attached hydrogens (tertiary/aromatic N) is 3. The van der Waals surface area contributed by atoms with Crippen LogP contribution in [0, 0.1) is 0 Å². The Balaban J connectivity index is 1.52. The van der Waals surface area contributed by atoms with E-state index in [4.69, 9.17) is 0 Å². The lowest BCUT2D eigenvalue weighted by molar-refractivity contribution is 0.0489. The lowest BCUT2D eigenvalue weighted by atomic mass is 9.90. The van der Waals surface area contributed by atoms with Gasteiger partial charge < -0.3 is 4.90 Å². The molecule has 5 heteroatoms. The van der Waals surface area contributed by atoms with E-state index in [1.54, 1.807) is 0 Å². The molecule has 2 aliphatic carbocycles. The fourth-order valence-corrected chi connectivity index (χ4v) is 3.34. The third-order valence-electron chi connectivity index (χ3n) is 5.12. The smallest absolute Gasteiger partial charge is 0.254 e. The summed E-state index contributed by atoms with van der Waals surface area (Å²) in [5.41, 5.74) is 1.70. The van der Waals surface area contributed by atoms with Crippen molar-refractivity contribution in [3.05, 3.63) is 35.7 Å². The molecule has 1 aromatic heterocycles. The highest BCUT2D eigenvalue weighted by Gasteiger charge is 2.31. The van der Waals surface area contributed by atoms with Gasteiger partial charge >= 0.3 is 0 Å². The van der Waals surface area contributed by atoms with Crippen LogP contribution in [0.25, 0.3) is 11.4 Å². The van der Waals surface area contributed by atoms with Crippen LogP contribution >= 0.6 is 0 Å². The lowest BCUT2D eigenvalue weighted by Gasteiger charge is -2.40. The van der Waals surface area contributed by atoms with Crippen molar-refractivity contribution in [2.24, 2.45) is 0 Å². The molecule has 0 spiro atoms. The average Bonchev–Trinajstić information content (AvgIpc) is 3.27. The molecular formula is C19H24N4O. The van der Waals surface area contributed by atoms with Crippen LogP contribution in [0.15, 0.2) is 24.3 Å². The highest BCUT2D eigenvalue weighted by molar-refractivity contribution is 5.95. The van der Waals surface area contributed by atoms with Crippen molar-refractivity contribution in [3.63, 3.8) is 0 Å². The summed E-state index contributed by atoms with van der Waals surface area (Å²) in [6.07, 6.45) is 5.89. The Morgan fingerprint density at radius 1 is 1.17 bits per heavy atom. The molecule has 126 valence electrons. The molecule has 0 saturated heterocycles. The van der Waals surface area contributed by atoms with E-state index in [1.165, 1.54) is 19.3 Å². The van der Waals surface area contributed by atoms with E-state index < -0.39 is 0 Å². The van der Waals surface area contributed by atoms with E-state index in [0.29, 0.717) is 12.0 Å². The first-order chi connectivity index (χ1) is 11.6. The highest BCUT2D eigenvalue weighted by Crippen LogP contribution is 2.38. The van der Waals surface area contributed by atoms with Crippen molar-refractivity contribution in [1.82, 2.24) is 20.1 Å². The largest absolute Gasteiger partial charge is 0.333 e. The van der Waals surface area contributed by atoms with Gasteiger partial charge in [0, 0.05) is 29.1 Å². The average molecular weight is 324 g/mol. The SMILES string of the molecule is CC(C)N(C(=O)c1ccc(-c2n[nH]c(C3CC3)n2)cc1)C1CCC1. The molecule has 1 amide bonds. The molecule has 1 heterocycles. The number of aromatic nitrogens is 3. The second-order valence-electron chi connectivity index (χ2n) is 7.29. The topological polar surface area (TPSA) is 61.9 Å². The van der Waals surface area contributed by atoms with Gasteiger partial charge in [-0.05, 0) is 58.1 Å². The number of aromatic amines is 1. The van der Waals surface area contributed by atoms with Crippen molar-refractivity contribution in [1.29, 1.82) is 0 Å². The zero-order valence-corrected chi connectivity index (χ0v) is 14.3. The minimum Gasteiger partial charge on any atom is -0.333 e. The molecular weight excluding hydrogens is 300 g/mol. The van der Waals surface area contributed by atoms with Crippen molar-refractivity contribution in [2.75, 3.05) is 0 Å². The van der Waals surface area contributed by atoms with Gasteiger partial charge in [0.25, 0.3) is 5.91 Å². The monoisotopic (exact) mass is 324 g/mol. The minimum atomic E-state index is 0.134. The normalized spacial score (nSPS) is 17.8. The lowest BCUT2D eigenvalue weighted by Crippen LogP contribution is -2.48.